The van der Waals surface area contributed by atoms with Gasteiger partial charge in [-0.05, 0) is 25.1 Å². The third-order valence-corrected chi connectivity index (χ3v) is 3.53. The molecule has 1 heterocycles. The predicted octanol–water partition coefficient (Wildman–Crippen LogP) is 1.89. The maximum Gasteiger partial charge on any atom is 0.170 e. The van der Waals surface area contributed by atoms with E-state index in [2.05, 4.69) is 5.32 Å². The smallest absolute Gasteiger partial charge is 0.170 e. The van der Waals surface area contributed by atoms with Crippen molar-refractivity contribution in [2.24, 2.45) is 5.41 Å². The van der Waals surface area contributed by atoms with Crippen LogP contribution in [0.2, 0.25) is 0 Å². The number of carbonyl (C=O) groups is 1. The SMILES string of the molecule is COc1cc(OC)cc(C(=O)C2(C)CCNC2)c1. The Labute approximate surface area is 107 Å². The first-order valence-electron chi connectivity index (χ1n) is 6.08. The molecule has 18 heavy (non-hydrogen) atoms. The van der Waals surface area contributed by atoms with Crippen molar-refractivity contribution in [1.82, 2.24) is 5.32 Å². The number of carbonyl (C=O) groups excluding carboxylic acids is 1. The summed E-state index contributed by atoms with van der Waals surface area (Å²) >= 11 is 0. The van der Waals surface area contributed by atoms with E-state index in [1.165, 1.54) is 0 Å². The fourth-order valence-electron chi connectivity index (χ4n) is 2.30. The molecule has 0 bridgehead atoms. The molecule has 0 amide bonds. The Morgan fingerprint density at radius 3 is 2.28 bits per heavy atom. The number of hydrogen-bond acceptors (Lipinski definition) is 4. The van der Waals surface area contributed by atoms with Gasteiger partial charge in [0, 0.05) is 23.6 Å². The highest BCUT2D eigenvalue weighted by atomic mass is 16.5. The lowest BCUT2D eigenvalue weighted by Crippen LogP contribution is -2.30. The zero-order valence-electron chi connectivity index (χ0n) is 11.1. The normalized spacial score (nSPS) is 22.8. The Balaban J connectivity index is 2.34. The van der Waals surface area contributed by atoms with E-state index in [9.17, 15) is 4.79 Å². The van der Waals surface area contributed by atoms with Gasteiger partial charge in [0.15, 0.2) is 5.78 Å². The summed E-state index contributed by atoms with van der Waals surface area (Å²) in [5.74, 6) is 1.43. The first kappa shape index (κ1) is 12.9. The summed E-state index contributed by atoms with van der Waals surface area (Å²) in [6.07, 6.45) is 0.866. The van der Waals surface area contributed by atoms with Crippen LogP contribution in [0.15, 0.2) is 18.2 Å². The fourth-order valence-corrected chi connectivity index (χ4v) is 2.30. The van der Waals surface area contributed by atoms with Crippen molar-refractivity contribution in [3.63, 3.8) is 0 Å². The Bertz CT molecular complexity index is 428. The van der Waals surface area contributed by atoms with Gasteiger partial charge in [-0.15, -0.1) is 0 Å². The van der Waals surface area contributed by atoms with Gasteiger partial charge in [-0.1, -0.05) is 6.92 Å². The number of Topliss-reactive ketones (excluding diaryl/α,β-unsaturated/α-hetero) is 1. The van der Waals surface area contributed by atoms with Crippen LogP contribution < -0.4 is 14.8 Å². The third-order valence-electron chi connectivity index (χ3n) is 3.53. The molecular formula is C14H19NO3. The zero-order chi connectivity index (χ0) is 13.2. The molecule has 1 aliphatic rings. The number of rotatable bonds is 4. The maximum atomic E-state index is 12.6. The lowest BCUT2D eigenvalue weighted by atomic mass is 9.81. The molecule has 1 fully saturated rings. The monoisotopic (exact) mass is 249 g/mol. The second kappa shape index (κ2) is 4.98. The highest BCUT2D eigenvalue weighted by molar-refractivity contribution is 6.01. The van der Waals surface area contributed by atoms with Crippen LogP contribution in [0.1, 0.15) is 23.7 Å². The lowest BCUT2D eigenvalue weighted by Gasteiger charge is -2.21. The Kier molecular flexibility index (Phi) is 3.57. The number of nitrogens with one attached hydrogen (secondary N) is 1. The van der Waals surface area contributed by atoms with Gasteiger partial charge < -0.3 is 14.8 Å². The Morgan fingerprint density at radius 2 is 1.83 bits per heavy atom. The Morgan fingerprint density at radius 1 is 1.22 bits per heavy atom. The topological polar surface area (TPSA) is 47.6 Å². The van der Waals surface area contributed by atoms with Gasteiger partial charge in [0.2, 0.25) is 0 Å². The number of hydrogen-bond donors (Lipinski definition) is 1. The lowest BCUT2D eigenvalue weighted by molar-refractivity contribution is 0.0838. The van der Waals surface area contributed by atoms with E-state index < -0.39 is 0 Å². The molecule has 1 unspecified atom stereocenters. The summed E-state index contributed by atoms with van der Waals surface area (Å²) in [6.45, 7) is 3.62. The summed E-state index contributed by atoms with van der Waals surface area (Å²) in [5.41, 5.74) is 0.328. The van der Waals surface area contributed by atoms with Crippen molar-refractivity contribution < 1.29 is 14.3 Å². The standard InChI is InChI=1S/C14H19NO3/c1-14(4-5-15-9-14)13(16)10-6-11(17-2)8-12(7-10)18-3/h6-8,15H,4-5,9H2,1-3H3. The summed E-state index contributed by atoms with van der Waals surface area (Å²) in [6, 6.07) is 5.31. The largest absolute Gasteiger partial charge is 0.497 e. The van der Waals surface area contributed by atoms with Crippen LogP contribution in [0, 0.1) is 5.41 Å². The van der Waals surface area contributed by atoms with Crippen LogP contribution in [-0.4, -0.2) is 33.1 Å². The molecule has 98 valence electrons. The van der Waals surface area contributed by atoms with Crippen molar-refractivity contribution in [2.45, 2.75) is 13.3 Å². The highest BCUT2D eigenvalue weighted by Crippen LogP contribution is 2.32. The summed E-state index contributed by atoms with van der Waals surface area (Å²) in [4.78, 5) is 12.6. The molecule has 0 spiro atoms. The van der Waals surface area contributed by atoms with Crippen molar-refractivity contribution in [2.75, 3.05) is 27.3 Å². The number of benzene rings is 1. The van der Waals surface area contributed by atoms with E-state index in [-0.39, 0.29) is 11.2 Å². The van der Waals surface area contributed by atoms with E-state index in [1.807, 2.05) is 6.92 Å². The van der Waals surface area contributed by atoms with Crippen LogP contribution in [0.3, 0.4) is 0 Å². The van der Waals surface area contributed by atoms with E-state index in [0.717, 1.165) is 19.5 Å². The average Bonchev–Trinajstić information content (AvgIpc) is 2.85. The predicted molar refractivity (Wildman–Crippen MR) is 69.5 cm³/mol. The minimum absolute atomic E-state index is 0.143. The van der Waals surface area contributed by atoms with Crippen LogP contribution >= 0.6 is 0 Å². The molecule has 1 atom stereocenters. The molecule has 0 saturated carbocycles. The highest BCUT2D eigenvalue weighted by Gasteiger charge is 2.37. The van der Waals surface area contributed by atoms with E-state index in [0.29, 0.717) is 17.1 Å². The molecule has 4 nitrogen and oxygen atoms in total. The molecule has 0 aromatic heterocycles. The van der Waals surface area contributed by atoms with E-state index in [1.54, 1.807) is 32.4 Å². The molecule has 1 aromatic rings. The molecule has 2 rings (SSSR count). The molecule has 1 aromatic carbocycles. The average molecular weight is 249 g/mol. The van der Waals surface area contributed by atoms with Gasteiger partial charge >= 0.3 is 0 Å². The molecular weight excluding hydrogens is 230 g/mol. The number of ether oxygens (including phenoxy) is 2. The van der Waals surface area contributed by atoms with Crippen molar-refractivity contribution in [1.29, 1.82) is 0 Å². The van der Waals surface area contributed by atoms with Gasteiger partial charge in [-0.2, -0.15) is 0 Å². The third kappa shape index (κ3) is 2.34. The van der Waals surface area contributed by atoms with E-state index >= 15 is 0 Å². The first-order valence-corrected chi connectivity index (χ1v) is 6.08. The van der Waals surface area contributed by atoms with Crippen molar-refractivity contribution >= 4 is 5.78 Å². The van der Waals surface area contributed by atoms with Gasteiger partial charge in [-0.3, -0.25) is 4.79 Å². The summed E-state index contributed by atoms with van der Waals surface area (Å²) in [7, 11) is 3.17. The zero-order valence-corrected chi connectivity index (χ0v) is 11.1. The molecule has 1 aliphatic heterocycles. The minimum atomic E-state index is -0.322. The van der Waals surface area contributed by atoms with Crippen molar-refractivity contribution in [3.8, 4) is 11.5 Å². The number of ketones is 1. The maximum absolute atomic E-state index is 12.6. The molecule has 0 radical (unpaired) electrons. The number of methoxy groups -OCH3 is 2. The second-order valence-electron chi connectivity index (χ2n) is 4.92. The van der Waals surface area contributed by atoms with Crippen molar-refractivity contribution in [3.05, 3.63) is 23.8 Å². The van der Waals surface area contributed by atoms with Gasteiger partial charge in [0.25, 0.3) is 0 Å². The van der Waals surface area contributed by atoms with Crippen LogP contribution in [0.4, 0.5) is 0 Å². The van der Waals surface area contributed by atoms with E-state index in [4.69, 9.17) is 9.47 Å². The van der Waals surface area contributed by atoms with Crippen LogP contribution in [-0.2, 0) is 0 Å². The minimum Gasteiger partial charge on any atom is -0.497 e. The molecule has 0 aliphatic carbocycles. The molecule has 1 N–H and O–H groups in total. The van der Waals surface area contributed by atoms with Gasteiger partial charge in [0.1, 0.15) is 11.5 Å². The Hall–Kier alpha value is -1.55. The van der Waals surface area contributed by atoms with Crippen LogP contribution in [0.5, 0.6) is 11.5 Å². The molecule has 1 saturated heterocycles. The second-order valence-corrected chi connectivity index (χ2v) is 4.92. The quantitative estimate of drug-likeness (QED) is 0.828. The van der Waals surface area contributed by atoms with Crippen LogP contribution in [0.25, 0.3) is 0 Å². The summed E-state index contributed by atoms with van der Waals surface area (Å²) < 4.78 is 10.4. The fraction of sp³-hybridized carbons (Fsp3) is 0.500. The molecule has 4 heteroatoms. The first-order chi connectivity index (χ1) is 8.59. The summed E-state index contributed by atoms with van der Waals surface area (Å²) in [5, 5.41) is 3.24. The van der Waals surface area contributed by atoms with Gasteiger partial charge in [-0.25, -0.2) is 0 Å². The van der Waals surface area contributed by atoms with Gasteiger partial charge in [0.05, 0.1) is 14.2 Å².